The summed E-state index contributed by atoms with van der Waals surface area (Å²) in [4.78, 5) is 1.11. The van der Waals surface area contributed by atoms with Crippen molar-refractivity contribution in [3.05, 3.63) is 24.3 Å². The second-order valence-electron chi connectivity index (χ2n) is 3.11. The lowest BCUT2D eigenvalue weighted by Crippen LogP contribution is -2.14. The molecule has 1 atom stereocenters. The molecular weight excluding hydrogens is 218 g/mol. The normalized spacial score (nSPS) is 13.3. The van der Waals surface area contributed by atoms with Crippen molar-refractivity contribution in [1.82, 2.24) is 19.8 Å². The van der Waals surface area contributed by atoms with Gasteiger partial charge in [-0.15, -0.1) is 5.10 Å². The van der Waals surface area contributed by atoms with E-state index in [4.69, 9.17) is 4.62 Å². The van der Waals surface area contributed by atoms with Gasteiger partial charge < -0.3 is 4.62 Å². The predicted molar refractivity (Wildman–Crippen MR) is 55.8 cm³/mol. The van der Waals surface area contributed by atoms with Crippen molar-refractivity contribution in [2.75, 3.05) is 14.1 Å². The average Bonchev–Trinajstić information content (AvgIpc) is 2.62. The van der Waals surface area contributed by atoms with Gasteiger partial charge in [0.15, 0.2) is 0 Å². The quantitative estimate of drug-likeness (QED) is 0.748. The number of aromatic nitrogens is 3. The van der Waals surface area contributed by atoms with Crippen LogP contribution in [0.5, 0.6) is 0 Å². The van der Waals surface area contributed by atoms with E-state index < -0.39 is 8.61 Å². The zero-order chi connectivity index (χ0) is 10.8. The van der Waals surface area contributed by atoms with Gasteiger partial charge in [-0.05, 0) is 31.4 Å². The minimum atomic E-state index is -2.17. The molecule has 7 heteroatoms. The molecule has 0 N–H and O–H groups in total. The summed E-state index contributed by atoms with van der Waals surface area (Å²) in [5, 5.41) is 7.56. The molecule has 0 aliphatic carbocycles. The van der Waals surface area contributed by atoms with Crippen molar-refractivity contribution in [1.29, 1.82) is 0 Å². The van der Waals surface area contributed by atoms with E-state index in [0.717, 1.165) is 4.85 Å². The lowest BCUT2D eigenvalue weighted by molar-refractivity contribution is 0.232. The highest BCUT2D eigenvalue weighted by Crippen LogP contribution is 2.36. The molecule has 80 valence electrons. The second kappa shape index (κ2) is 4.08. The van der Waals surface area contributed by atoms with E-state index in [0.29, 0.717) is 11.0 Å². The first-order valence-electron chi connectivity index (χ1n) is 4.30. The van der Waals surface area contributed by atoms with Crippen molar-refractivity contribution in [3.63, 3.8) is 0 Å². The maximum Gasteiger partial charge on any atom is 0.386 e. The van der Waals surface area contributed by atoms with Gasteiger partial charge in [-0.2, -0.15) is 4.20 Å². The Labute approximate surface area is 87.4 Å². The Morgan fingerprint density at radius 2 is 2.13 bits per heavy atom. The summed E-state index contributed by atoms with van der Waals surface area (Å²) in [7, 11) is 1.03. The van der Waals surface area contributed by atoms with Crippen LogP contribution < -0.4 is 4.62 Å². The maximum absolute atomic E-state index is 13.3. The maximum atomic E-state index is 13.3. The summed E-state index contributed by atoms with van der Waals surface area (Å²) in [6, 6.07) is 7.22. The number of hydrogen-bond donors (Lipinski definition) is 0. The highest BCUT2D eigenvalue weighted by molar-refractivity contribution is 7.44. The van der Waals surface area contributed by atoms with Gasteiger partial charge in [0.1, 0.15) is 11.0 Å². The molecule has 0 aliphatic heterocycles. The zero-order valence-electron chi connectivity index (χ0n) is 8.33. The Balaban J connectivity index is 2.29. The SMILES string of the molecule is CN(C)P(F)On1nnc2ccccc21. The Bertz CT molecular complexity index is 461. The van der Waals surface area contributed by atoms with E-state index in [-0.39, 0.29) is 0 Å². The van der Waals surface area contributed by atoms with Crippen molar-refractivity contribution in [2.24, 2.45) is 0 Å². The van der Waals surface area contributed by atoms with Crippen LogP contribution in [0.15, 0.2) is 24.3 Å². The van der Waals surface area contributed by atoms with Crippen LogP contribution in [0.4, 0.5) is 4.20 Å². The number of rotatable bonds is 3. The zero-order valence-corrected chi connectivity index (χ0v) is 9.23. The van der Waals surface area contributed by atoms with E-state index in [1.807, 2.05) is 12.1 Å². The average molecular weight is 228 g/mol. The van der Waals surface area contributed by atoms with Crippen LogP contribution in [0.25, 0.3) is 11.0 Å². The fraction of sp³-hybridized carbons (Fsp3) is 0.250. The number of benzene rings is 1. The number of hydrogen-bond acceptors (Lipinski definition) is 4. The van der Waals surface area contributed by atoms with Crippen LogP contribution in [0.2, 0.25) is 0 Å². The Morgan fingerprint density at radius 1 is 1.40 bits per heavy atom. The molecule has 0 fully saturated rings. The van der Waals surface area contributed by atoms with Crippen LogP contribution in [0.1, 0.15) is 0 Å². The summed E-state index contributed by atoms with van der Waals surface area (Å²) in [5.74, 6) is 0. The molecule has 1 aromatic carbocycles. The van der Waals surface area contributed by atoms with Crippen LogP contribution in [-0.4, -0.2) is 33.9 Å². The van der Waals surface area contributed by atoms with Crippen LogP contribution in [0, 0.1) is 0 Å². The summed E-state index contributed by atoms with van der Waals surface area (Å²) < 4.78 is 19.6. The molecule has 15 heavy (non-hydrogen) atoms. The fourth-order valence-corrected chi connectivity index (χ4v) is 1.44. The molecule has 1 heterocycles. The predicted octanol–water partition coefficient (Wildman–Crippen LogP) is 1.62. The lowest BCUT2D eigenvalue weighted by atomic mass is 10.3. The highest BCUT2D eigenvalue weighted by Gasteiger charge is 2.15. The standard InChI is InChI=1S/C8H10FN4OP/c1-12(2)15(9)14-13-8-6-4-3-5-7(8)10-11-13/h3-6H,1-2H3. The van der Waals surface area contributed by atoms with E-state index in [1.54, 1.807) is 26.2 Å². The molecule has 0 amide bonds. The monoisotopic (exact) mass is 228 g/mol. The fourth-order valence-electron chi connectivity index (χ4n) is 1.04. The Kier molecular flexibility index (Phi) is 2.79. The van der Waals surface area contributed by atoms with Crippen LogP contribution in [-0.2, 0) is 0 Å². The second-order valence-corrected chi connectivity index (χ2v) is 4.52. The number of para-hydroxylation sites is 1. The first-order valence-corrected chi connectivity index (χ1v) is 5.41. The van der Waals surface area contributed by atoms with E-state index in [2.05, 4.69) is 10.3 Å². The molecule has 2 aromatic rings. The van der Waals surface area contributed by atoms with Gasteiger partial charge in [0.2, 0.25) is 0 Å². The van der Waals surface area contributed by atoms with E-state index >= 15 is 0 Å². The molecule has 1 unspecified atom stereocenters. The third kappa shape index (κ3) is 2.06. The third-order valence-electron chi connectivity index (χ3n) is 1.78. The molecule has 0 saturated heterocycles. The van der Waals surface area contributed by atoms with Crippen molar-refractivity contribution < 1.29 is 8.82 Å². The van der Waals surface area contributed by atoms with Gasteiger partial charge in [-0.3, -0.25) is 0 Å². The van der Waals surface area contributed by atoms with E-state index in [1.165, 1.54) is 4.67 Å². The topological polar surface area (TPSA) is 43.2 Å². The molecule has 0 bridgehead atoms. The summed E-state index contributed by atoms with van der Waals surface area (Å²) in [6.07, 6.45) is 0. The number of halogens is 1. The third-order valence-corrected chi connectivity index (χ3v) is 2.70. The minimum absolute atomic E-state index is 0.657. The molecule has 2 rings (SSSR count). The van der Waals surface area contributed by atoms with Crippen LogP contribution in [0.3, 0.4) is 0 Å². The number of fused-ring (bicyclic) bond motifs is 1. The van der Waals surface area contributed by atoms with E-state index in [9.17, 15) is 4.20 Å². The minimum Gasteiger partial charge on any atom is -0.323 e. The molecule has 5 nitrogen and oxygen atoms in total. The summed E-state index contributed by atoms with van der Waals surface area (Å²) >= 11 is 0. The Morgan fingerprint density at radius 3 is 2.87 bits per heavy atom. The summed E-state index contributed by atoms with van der Waals surface area (Å²) in [5.41, 5.74) is 1.34. The van der Waals surface area contributed by atoms with Crippen molar-refractivity contribution >= 4 is 19.6 Å². The lowest BCUT2D eigenvalue weighted by Gasteiger charge is -2.13. The van der Waals surface area contributed by atoms with Crippen LogP contribution >= 0.6 is 8.61 Å². The summed E-state index contributed by atoms with van der Waals surface area (Å²) in [6.45, 7) is 0. The molecular formula is C8H10FN4OP. The molecule has 0 aliphatic rings. The number of nitrogens with zero attached hydrogens (tertiary/aromatic N) is 4. The molecule has 0 spiro atoms. The van der Waals surface area contributed by atoms with Crippen molar-refractivity contribution in [3.8, 4) is 0 Å². The molecule has 0 radical (unpaired) electrons. The molecule has 1 aromatic heterocycles. The largest absolute Gasteiger partial charge is 0.386 e. The Hall–Kier alpha value is -1.26. The van der Waals surface area contributed by atoms with Gasteiger partial charge >= 0.3 is 8.61 Å². The van der Waals surface area contributed by atoms with Gasteiger partial charge in [-0.25, -0.2) is 4.67 Å². The van der Waals surface area contributed by atoms with Gasteiger partial charge in [0.05, 0.1) is 0 Å². The van der Waals surface area contributed by atoms with Gasteiger partial charge in [-0.1, -0.05) is 17.0 Å². The first kappa shape index (κ1) is 10.3. The van der Waals surface area contributed by atoms with Gasteiger partial charge in [0.25, 0.3) is 0 Å². The molecule has 0 saturated carbocycles. The van der Waals surface area contributed by atoms with Gasteiger partial charge in [0, 0.05) is 0 Å². The van der Waals surface area contributed by atoms with Crippen molar-refractivity contribution in [2.45, 2.75) is 0 Å². The highest BCUT2D eigenvalue weighted by atomic mass is 31.2. The smallest absolute Gasteiger partial charge is 0.323 e. The first-order chi connectivity index (χ1) is 7.18.